The van der Waals surface area contributed by atoms with Crippen LogP contribution in [-0.2, 0) is 4.43 Å². The molecule has 0 amide bonds. The topological polar surface area (TPSA) is 9.23 Å². The summed E-state index contributed by atoms with van der Waals surface area (Å²) in [7, 11) is 0. The van der Waals surface area contributed by atoms with Gasteiger partial charge in [0, 0.05) is 0 Å². The van der Waals surface area contributed by atoms with Gasteiger partial charge in [-0.3, -0.25) is 0 Å². The molecule has 0 aliphatic heterocycles. The second-order valence-electron chi connectivity index (χ2n) is 4.49. The minimum Gasteiger partial charge on any atom is -0.372 e. The first-order valence-corrected chi connectivity index (χ1v) is 11.5. The Balaban J connectivity index is 2.34. The summed E-state index contributed by atoms with van der Waals surface area (Å²) in [5, 5.41) is -0.728. The van der Waals surface area contributed by atoms with Gasteiger partial charge in [0.1, 0.15) is 11.6 Å². The number of hydrogen-bond donors (Lipinski definition) is 0. The van der Waals surface area contributed by atoms with Gasteiger partial charge in [0.15, 0.2) is 0 Å². The van der Waals surface area contributed by atoms with Gasteiger partial charge >= 0.3 is 6.25 Å². The van der Waals surface area contributed by atoms with E-state index >= 15 is 0 Å². The van der Waals surface area contributed by atoms with Gasteiger partial charge in [0.05, 0.1) is 11.5 Å². The SMILES string of the molecule is Fc1ccc([C@H](Cl)[C@@H](O[Si](Cl)(Cl)Cl)c2ccc(F)cc2)cc1. The Labute approximate surface area is 146 Å². The van der Waals surface area contributed by atoms with E-state index in [0.29, 0.717) is 11.1 Å². The van der Waals surface area contributed by atoms with Crippen molar-refractivity contribution in [2.75, 3.05) is 0 Å². The van der Waals surface area contributed by atoms with Gasteiger partial charge in [-0.05, 0) is 35.4 Å². The zero-order valence-electron chi connectivity index (χ0n) is 10.9. The van der Waals surface area contributed by atoms with E-state index in [9.17, 15) is 8.78 Å². The van der Waals surface area contributed by atoms with Crippen molar-refractivity contribution < 1.29 is 13.2 Å². The van der Waals surface area contributed by atoms with Crippen LogP contribution in [0.4, 0.5) is 8.78 Å². The molecule has 0 saturated carbocycles. The molecule has 2 rings (SSSR count). The number of alkyl halides is 1. The summed E-state index contributed by atoms with van der Waals surface area (Å²) < 4.78 is 31.6. The monoisotopic (exact) mass is 400 g/mol. The second-order valence-corrected chi connectivity index (χ2v) is 12.6. The summed E-state index contributed by atoms with van der Waals surface area (Å²) in [4.78, 5) is 0. The highest BCUT2D eigenvalue weighted by atomic mass is 35.8. The quantitative estimate of drug-likeness (QED) is 0.331. The predicted molar refractivity (Wildman–Crippen MR) is 88.5 cm³/mol. The normalized spacial score (nSPS) is 14.6. The van der Waals surface area contributed by atoms with E-state index in [2.05, 4.69) is 0 Å². The van der Waals surface area contributed by atoms with Crippen LogP contribution in [0.5, 0.6) is 0 Å². The largest absolute Gasteiger partial charge is 0.494 e. The Morgan fingerprint density at radius 3 is 1.59 bits per heavy atom. The van der Waals surface area contributed by atoms with Crippen LogP contribution < -0.4 is 0 Å². The van der Waals surface area contributed by atoms with Crippen molar-refractivity contribution in [1.82, 2.24) is 0 Å². The van der Waals surface area contributed by atoms with E-state index in [1.807, 2.05) is 0 Å². The van der Waals surface area contributed by atoms with Crippen LogP contribution in [0.1, 0.15) is 22.6 Å². The molecule has 118 valence electrons. The molecule has 0 aliphatic rings. The van der Waals surface area contributed by atoms with Crippen LogP contribution in [0.25, 0.3) is 0 Å². The van der Waals surface area contributed by atoms with Crippen molar-refractivity contribution in [1.29, 1.82) is 0 Å². The molecule has 0 unspecified atom stereocenters. The minimum absolute atomic E-state index is 0.386. The molecule has 0 saturated heterocycles. The third kappa shape index (κ3) is 5.08. The van der Waals surface area contributed by atoms with Crippen LogP contribution >= 0.6 is 44.8 Å². The van der Waals surface area contributed by atoms with E-state index in [1.54, 1.807) is 0 Å². The lowest BCUT2D eigenvalue weighted by atomic mass is 10.0. The summed E-state index contributed by atoms with van der Waals surface area (Å²) in [5.74, 6) is -0.788. The molecule has 0 bridgehead atoms. The van der Waals surface area contributed by atoms with Crippen molar-refractivity contribution >= 4 is 51.1 Å². The number of halogens is 6. The first kappa shape index (κ1) is 18.0. The van der Waals surface area contributed by atoms with Crippen LogP contribution in [0, 0.1) is 11.6 Å². The summed E-state index contributed by atoms with van der Waals surface area (Å²) in [6.07, 6.45) is -4.26. The number of benzene rings is 2. The molecule has 1 nitrogen and oxygen atoms in total. The Morgan fingerprint density at radius 1 is 0.773 bits per heavy atom. The maximum absolute atomic E-state index is 13.1. The van der Waals surface area contributed by atoms with Crippen molar-refractivity contribution in [2.24, 2.45) is 0 Å². The Hall–Kier alpha value is -0.363. The average Bonchev–Trinajstić information content (AvgIpc) is 2.45. The Bertz CT molecular complexity index is 616. The van der Waals surface area contributed by atoms with E-state index in [0.717, 1.165) is 0 Å². The lowest BCUT2D eigenvalue weighted by Crippen LogP contribution is -2.23. The smallest absolute Gasteiger partial charge is 0.372 e. The average molecular weight is 402 g/mol. The van der Waals surface area contributed by atoms with Gasteiger partial charge < -0.3 is 4.43 Å². The summed E-state index contributed by atoms with van der Waals surface area (Å²) in [6.45, 7) is 0. The van der Waals surface area contributed by atoms with Crippen molar-refractivity contribution in [3.63, 3.8) is 0 Å². The van der Waals surface area contributed by atoms with Gasteiger partial charge in [-0.2, -0.15) is 0 Å². The van der Waals surface area contributed by atoms with Crippen LogP contribution in [0.2, 0.25) is 0 Å². The third-order valence-electron chi connectivity index (χ3n) is 2.91. The molecule has 8 heteroatoms. The molecule has 0 aromatic heterocycles. The maximum Gasteiger partial charge on any atom is 0.494 e. The molecular weight excluding hydrogens is 392 g/mol. The molecule has 0 radical (unpaired) electrons. The third-order valence-corrected chi connectivity index (χ3v) is 4.72. The van der Waals surface area contributed by atoms with Crippen molar-refractivity contribution in [3.05, 3.63) is 71.3 Å². The van der Waals surface area contributed by atoms with Gasteiger partial charge in [0.25, 0.3) is 0 Å². The second kappa shape index (κ2) is 7.47. The molecule has 0 N–H and O–H groups in total. The van der Waals surface area contributed by atoms with E-state index < -0.39 is 23.5 Å². The van der Waals surface area contributed by atoms with E-state index in [4.69, 9.17) is 49.3 Å². The zero-order chi connectivity index (χ0) is 16.3. The standard InChI is InChI=1S/C14H10Cl4F2OSi/c15-13(9-1-5-11(19)6-2-9)14(21-22(16,17)18)10-3-7-12(20)8-4-10/h1-8,13-14H/t13-,14-/m0/s1. The molecule has 2 aromatic rings. The molecule has 0 fully saturated rings. The molecule has 2 atom stereocenters. The highest BCUT2D eigenvalue weighted by Crippen LogP contribution is 2.41. The first-order valence-electron chi connectivity index (χ1n) is 6.16. The fraction of sp³-hybridized carbons (Fsp3) is 0.143. The summed E-state index contributed by atoms with van der Waals surface area (Å²) in [5.41, 5.74) is 1.16. The lowest BCUT2D eigenvalue weighted by Gasteiger charge is -2.26. The first-order chi connectivity index (χ1) is 10.3. The highest BCUT2D eigenvalue weighted by molar-refractivity contribution is 7.62. The molecule has 0 spiro atoms. The van der Waals surface area contributed by atoms with Crippen molar-refractivity contribution in [2.45, 2.75) is 11.5 Å². The summed E-state index contributed by atoms with van der Waals surface area (Å²) in [6, 6.07) is 11.1. The maximum atomic E-state index is 13.1. The Morgan fingerprint density at radius 2 is 1.18 bits per heavy atom. The van der Waals surface area contributed by atoms with Gasteiger partial charge in [-0.15, -0.1) is 11.6 Å². The minimum atomic E-state index is -3.46. The van der Waals surface area contributed by atoms with Crippen LogP contribution in [0.15, 0.2) is 48.5 Å². The fourth-order valence-electron chi connectivity index (χ4n) is 1.91. The van der Waals surface area contributed by atoms with Gasteiger partial charge in [-0.25, -0.2) is 8.78 Å². The van der Waals surface area contributed by atoms with E-state index in [-0.39, 0.29) is 5.82 Å². The molecule has 2 aromatic carbocycles. The van der Waals surface area contributed by atoms with Crippen molar-refractivity contribution in [3.8, 4) is 0 Å². The fourth-order valence-corrected chi connectivity index (χ4v) is 3.77. The zero-order valence-corrected chi connectivity index (χ0v) is 15.0. The van der Waals surface area contributed by atoms with Crippen LogP contribution in [-0.4, -0.2) is 6.25 Å². The lowest BCUT2D eigenvalue weighted by molar-refractivity contribution is 0.210. The molecule has 22 heavy (non-hydrogen) atoms. The van der Waals surface area contributed by atoms with Gasteiger partial charge in [0.2, 0.25) is 0 Å². The predicted octanol–water partition coefficient (Wildman–Crippen LogP) is 6.15. The molecule has 0 heterocycles. The van der Waals surface area contributed by atoms with E-state index in [1.165, 1.54) is 48.5 Å². The van der Waals surface area contributed by atoms with Gasteiger partial charge in [-0.1, -0.05) is 57.5 Å². The summed E-state index contributed by atoms with van der Waals surface area (Å²) >= 11 is 23.9. The number of rotatable bonds is 5. The number of hydrogen-bond acceptors (Lipinski definition) is 1. The highest BCUT2D eigenvalue weighted by Gasteiger charge is 2.36. The Kier molecular flexibility index (Phi) is 6.11. The van der Waals surface area contributed by atoms with Crippen LogP contribution in [0.3, 0.4) is 0 Å². The molecular formula is C14H10Cl4F2OSi. The molecule has 0 aliphatic carbocycles.